The van der Waals surface area contributed by atoms with Crippen LogP contribution in [0.25, 0.3) is 0 Å². The molecule has 0 aliphatic carbocycles. The molecule has 92 valence electrons. The van der Waals surface area contributed by atoms with Gasteiger partial charge in [0.05, 0.1) is 13.1 Å². The molecule has 0 fully saturated rings. The predicted molar refractivity (Wildman–Crippen MR) is 72.9 cm³/mol. The van der Waals surface area contributed by atoms with Gasteiger partial charge >= 0.3 is 5.97 Å². The van der Waals surface area contributed by atoms with Gasteiger partial charge in [0.25, 0.3) is 0 Å². The molecular formula is C11H13IN2O3. The SMILES string of the molecule is CN(CC(=O)O)CC(=O)Nc1ccc(I)cc1. The zero-order valence-corrected chi connectivity index (χ0v) is 11.5. The third-order valence-corrected chi connectivity index (χ3v) is 2.67. The normalized spacial score (nSPS) is 10.3. The second kappa shape index (κ2) is 6.55. The Bertz CT molecular complexity index is 406. The highest BCUT2D eigenvalue weighted by molar-refractivity contribution is 14.1. The maximum absolute atomic E-state index is 11.5. The lowest BCUT2D eigenvalue weighted by Crippen LogP contribution is -2.33. The predicted octanol–water partition coefficient (Wildman–Crippen LogP) is 1.25. The van der Waals surface area contributed by atoms with E-state index in [0.29, 0.717) is 5.69 Å². The van der Waals surface area contributed by atoms with Crippen molar-refractivity contribution in [3.05, 3.63) is 27.8 Å². The van der Waals surface area contributed by atoms with E-state index in [1.54, 1.807) is 19.2 Å². The number of hydrogen-bond donors (Lipinski definition) is 2. The van der Waals surface area contributed by atoms with Gasteiger partial charge in [-0.3, -0.25) is 14.5 Å². The van der Waals surface area contributed by atoms with Crippen molar-refractivity contribution in [3.8, 4) is 0 Å². The van der Waals surface area contributed by atoms with Gasteiger partial charge in [-0.25, -0.2) is 0 Å². The van der Waals surface area contributed by atoms with Crippen molar-refractivity contribution in [2.24, 2.45) is 0 Å². The van der Waals surface area contributed by atoms with E-state index < -0.39 is 5.97 Å². The van der Waals surface area contributed by atoms with Crippen molar-refractivity contribution in [2.45, 2.75) is 0 Å². The standard InChI is InChI=1S/C11H13IN2O3/c1-14(7-11(16)17)6-10(15)13-9-4-2-8(12)3-5-9/h2-5H,6-7H2,1H3,(H,13,15)(H,16,17). The zero-order chi connectivity index (χ0) is 12.8. The summed E-state index contributed by atoms with van der Waals surface area (Å²) in [6.07, 6.45) is 0. The van der Waals surface area contributed by atoms with E-state index >= 15 is 0 Å². The molecule has 1 rings (SSSR count). The molecule has 0 aromatic heterocycles. The second-order valence-corrected chi connectivity index (χ2v) is 4.87. The Labute approximate surface area is 113 Å². The summed E-state index contributed by atoms with van der Waals surface area (Å²) in [6, 6.07) is 7.38. The molecule has 0 unspecified atom stereocenters. The monoisotopic (exact) mass is 348 g/mol. The number of rotatable bonds is 5. The zero-order valence-electron chi connectivity index (χ0n) is 9.31. The largest absolute Gasteiger partial charge is 0.480 e. The first-order valence-electron chi connectivity index (χ1n) is 4.93. The smallest absolute Gasteiger partial charge is 0.317 e. The van der Waals surface area contributed by atoms with Crippen LogP contribution in [0.4, 0.5) is 5.69 Å². The first kappa shape index (κ1) is 13.9. The summed E-state index contributed by atoms with van der Waals surface area (Å²) in [5.41, 5.74) is 0.708. The maximum Gasteiger partial charge on any atom is 0.317 e. The topological polar surface area (TPSA) is 69.6 Å². The van der Waals surface area contributed by atoms with Gasteiger partial charge < -0.3 is 10.4 Å². The van der Waals surface area contributed by atoms with Gasteiger partial charge in [0.15, 0.2) is 0 Å². The Balaban J connectivity index is 2.44. The Morgan fingerprint density at radius 1 is 1.29 bits per heavy atom. The summed E-state index contributed by atoms with van der Waals surface area (Å²) in [6.45, 7) is -0.0988. The lowest BCUT2D eigenvalue weighted by molar-refractivity contribution is -0.138. The van der Waals surface area contributed by atoms with Crippen molar-refractivity contribution >= 4 is 40.2 Å². The quantitative estimate of drug-likeness (QED) is 0.786. The van der Waals surface area contributed by atoms with Crippen LogP contribution in [-0.2, 0) is 9.59 Å². The van der Waals surface area contributed by atoms with E-state index in [2.05, 4.69) is 27.9 Å². The number of halogens is 1. The third kappa shape index (κ3) is 5.64. The van der Waals surface area contributed by atoms with Gasteiger partial charge in [-0.15, -0.1) is 0 Å². The van der Waals surface area contributed by atoms with Crippen LogP contribution in [0, 0.1) is 3.57 Å². The molecule has 1 aromatic rings. The minimum atomic E-state index is -0.949. The van der Waals surface area contributed by atoms with E-state index in [0.717, 1.165) is 3.57 Å². The van der Waals surface area contributed by atoms with Gasteiger partial charge in [-0.2, -0.15) is 0 Å². The summed E-state index contributed by atoms with van der Waals surface area (Å²) in [5, 5.41) is 11.2. The lowest BCUT2D eigenvalue weighted by Gasteiger charge is -2.13. The van der Waals surface area contributed by atoms with E-state index in [1.165, 1.54) is 4.90 Å². The van der Waals surface area contributed by atoms with Crippen LogP contribution in [-0.4, -0.2) is 42.0 Å². The fraction of sp³-hybridized carbons (Fsp3) is 0.273. The molecule has 1 amide bonds. The minimum absolute atomic E-state index is 0.0539. The molecular weight excluding hydrogens is 335 g/mol. The second-order valence-electron chi connectivity index (χ2n) is 3.62. The number of benzene rings is 1. The number of carboxylic acids is 1. The van der Waals surface area contributed by atoms with Gasteiger partial charge in [0.1, 0.15) is 0 Å². The maximum atomic E-state index is 11.5. The summed E-state index contributed by atoms with van der Waals surface area (Å²) in [5.74, 6) is -1.18. The number of amides is 1. The van der Waals surface area contributed by atoms with Crippen molar-refractivity contribution in [2.75, 3.05) is 25.5 Å². The average Bonchev–Trinajstić information content (AvgIpc) is 2.19. The third-order valence-electron chi connectivity index (χ3n) is 1.95. The summed E-state index contributed by atoms with van der Waals surface area (Å²) in [7, 11) is 1.58. The fourth-order valence-electron chi connectivity index (χ4n) is 1.27. The Kier molecular flexibility index (Phi) is 5.36. The molecule has 0 atom stereocenters. The van der Waals surface area contributed by atoms with Crippen LogP contribution in [0.15, 0.2) is 24.3 Å². The van der Waals surface area contributed by atoms with Crippen molar-refractivity contribution < 1.29 is 14.7 Å². The van der Waals surface area contributed by atoms with E-state index in [1.807, 2.05) is 12.1 Å². The number of hydrogen-bond acceptors (Lipinski definition) is 3. The van der Waals surface area contributed by atoms with Crippen LogP contribution >= 0.6 is 22.6 Å². The van der Waals surface area contributed by atoms with Crippen LogP contribution in [0.5, 0.6) is 0 Å². The van der Waals surface area contributed by atoms with Crippen molar-refractivity contribution in [1.82, 2.24) is 4.90 Å². The molecule has 5 nitrogen and oxygen atoms in total. The first-order valence-corrected chi connectivity index (χ1v) is 6.01. The highest BCUT2D eigenvalue weighted by Crippen LogP contribution is 2.10. The lowest BCUT2D eigenvalue weighted by atomic mass is 10.3. The summed E-state index contributed by atoms with van der Waals surface area (Å²) < 4.78 is 1.09. The number of anilines is 1. The number of carboxylic acid groups (broad SMARTS) is 1. The van der Waals surface area contributed by atoms with Gasteiger partial charge in [-0.1, -0.05) is 0 Å². The molecule has 1 aromatic carbocycles. The average molecular weight is 348 g/mol. The number of aliphatic carboxylic acids is 1. The van der Waals surface area contributed by atoms with E-state index in [9.17, 15) is 9.59 Å². The molecule has 0 saturated heterocycles. The Morgan fingerprint density at radius 3 is 2.41 bits per heavy atom. The summed E-state index contributed by atoms with van der Waals surface area (Å²) >= 11 is 2.18. The highest BCUT2D eigenvalue weighted by atomic mass is 127. The highest BCUT2D eigenvalue weighted by Gasteiger charge is 2.09. The van der Waals surface area contributed by atoms with Crippen LogP contribution in [0.2, 0.25) is 0 Å². The molecule has 17 heavy (non-hydrogen) atoms. The molecule has 0 aliphatic rings. The minimum Gasteiger partial charge on any atom is -0.480 e. The Morgan fingerprint density at radius 2 is 1.88 bits per heavy atom. The molecule has 0 heterocycles. The number of carbonyl (C=O) groups excluding carboxylic acids is 1. The van der Waals surface area contributed by atoms with Gasteiger partial charge in [0.2, 0.25) is 5.91 Å². The summed E-state index contributed by atoms with van der Waals surface area (Å²) in [4.78, 5) is 23.4. The molecule has 0 aliphatic heterocycles. The molecule has 2 N–H and O–H groups in total. The van der Waals surface area contributed by atoms with E-state index in [4.69, 9.17) is 5.11 Å². The van der Waals surface area contributed by atoms with Crippen LogP contribution in [0.3, 0.4) is 0 Å². The molecule has 6 heteroatoms. The van der Waals surface area contributed by atoms with Crippen molar-refractivity contribution in [1.29, 1.82) is 0 Å². The van der Waals surface area contributed by atoms with Crippen LogP contribution in [0.1, 0.15) is 0 Å². The van der Waals surface area contributed by atoms with Gasteiger partial charge in [0, 0.05) is 9.26 Å². The molecule has 0 bridgehead atoms. The van der Waals surface area contributed by atoms with Gasteiger partial charge in [-0.05, 0) is 53.9 Å². The molecule has 0 radical (unpaired) electrons. The molecule has 0 spiro atoms. The van der Waals surface area contributed by atoms with Crippen molar-refractivity contribution in [3.63, 3.8) is 0 Å². The van der Waals surface area contributed by atoms with Crippen LogP contribution < -0.4 is 5.32 Å². The fourth-order valence-corrected chi connectivity index (χ4v) is 1.63. The Hall–Kier alpha value is -1.15. The number of likely N-dealkylation sites (N-methyl/N-ethyl adjacent to an activating group) is 1. The van der Waals surface area contributed by atoms with E-state index in [-0.39, 0.29) is 19.0 Å². The number of nitrogens with one attached hydrogen (secondary N) is 1. The first-order chi connectivity index (χ1) is 7.97. The number of nitrogens with zero attached hydrogens (tertiary/aromatic N) is 1. The number of carbonyl (C=O) groups is 2. The molecule has 0 saturated carbocycles.